The van der Waals surface area contributed by atoms with E-state index in [9.17, 15) is 19.5 Å². The zero-order valence-electron chi connectivity index (χ0n) is 18.9. The summed E-state index contributed by atoms with van der Waals surface area (Å²) in [5.41, 5.74) is -3.22. The van der Waals surface area contributed by atoms with Crippen molar-refractivity contribution in [3.8, 4) is 0 Å². The van der Waals surface area contributed by atoms with Gasteiger partial charge >= 0.3 is 17.9 Å². The molecule has 0 bridgehead atoms. The lowest BCUT2D eigenvalue weighted by Gasteiger charge is -2.28. The molecule has 164 valence electrons. The van der Waals surface area contributed by atoms with Crippen LogP contribution in [0.2, 0.25) is 0 Å². The van der Waals surface area contributed by atoms with Gasteiger partial charge < -0.3 is 19.3 Å². The fourth-order valence-corrected chi connectivity index (χ4v) is 1.80. The minimum atomic E-state index is -2.34. The Labute approximate surface area is 169 Å². The first-order valence-corrected chi connectivity index (χ1v) is 9.54. The summed E-state index contributed by atoms with van der Waals surface area (Å²) in [7, 11) is 0. The third-order valence-electron chi connectivity index (χ3n) is 3.22. The summed E-state index contributed by atoms with van der Waals surface area (Å²) in [4.78, 5) is 36.8. The number of carbonyl (C=O) groups excluding carboxylic acids is 3. The summed E-state index contributed by atoms with van der Waals surface area (Å²) in [6.45, 7) is 17.1. The minimum absolute atomic E-state index is 0.0300. The fourth-order valence-electron chi connectivity index (χ4n) is 1.80. The maximum Gasteiger partial charge on any atom is 0.339 e. The molecule has 0 amide bonds. The lowest BCUT2D eigenvalue weighted by molar-refractivity contribution is -0.180. The van der Waals surface area contributed by atoms with Gasteiger partial charge in [0.25, 0.3) is 0 Å². The van der Waals surface area contributed by atoms with Gasteiger partial charge in [-0.2, -0.15) is 0 Å². The Hall–Kier alpha value is -1.63. The Bertz CT molecular complexity index is 513. The summed E-state index contributed by atoms with van der Waals surface area (Å²) in [6.07, 6.45) is -1.37. The molecule has 7 nitrogen and oxygen atoms in total. The summed E-state index contributed by atoms with van der Waals surface area (Å²) < 4.78 is 15.4. The molecule has 1 N–H and O–H groups in total. The van der Waals surface area contributed by atoms with E-state index < -0.39 is 36.4 Å². The average Bonchev–Trinajstić information content (AvgIpc) is 2.46. The maximum atomic E-state index is 12.5. The van der Waals surface area contributed by atoms with Gasteiger partial charge in [0.15, 0.2) is 5.60 Å². The molecule has 0 aliphatic heterocycles. The van der Waals surface area contributed by atoms with Crippen LogP contribution in [0, 0.1) is 16.2 Å². The van der Waals surface area contributed by atoms with Crippen molar-refractivity contribution in [2.75, 3.05) is 19.8 Å². The number of esters is 3. The maximum absolute atomic E-state index is 12.5. The summed E-state index contributed by atoms with van der Waals surface area (Å²) in [6, 6.07) is 0. The highest BCUT2D eigenvalue weighted by Crippen LogP contribution is 2.24. The fraction of sp³-hybridized carbons (Fsp3) is 0.857. The Morgan fingerprint density at radius 2 is 0.893 bits per heavy atom. The minimum Gasteiger partial charge on any atom is -0.465 e. The Kier molecular flexibility index (Phi) is 9.15. The van der Waals surface area contributed by atoms with Crippen LogP contribution in [-0.2, 0) is 28.6 Å². The molecule has 0 heterocycles. The standard InChI is InChI=1S/C21H38O7/c1-18(2,3)12-26-15(22)10-21(25,17(24)28-14-20(7,8)9)11-16(23)27-13-19(4,5)6/h25H,10-14H2,1-9H3. The highest BCUT2D eigenvalue weighted by Gasteiger charge is 2.44. The molecule has 0 radical (unpaired) electrons. The molecule has 0 aromatic carbocycles. The van der Waals surface area contributed by atoms with E-state index in [2.05, 4.69) is 0 Å². The quantitative estimate of drug-likeness (QED) is 0.491. The van der Waals surface area contributed by atoms with Crippen molar-refractivity contribution < 1.29 is 33.7 Å². The number of hydrogen-bond donors (Lipinski definition) is 1. The predicted molar refractivity (Wildman–Crippen MR) is 105 cm³/mol. The Morgan fingerprint density at radius 1 is 0.607 bits per heavy atom. The second-order valence-electron chi connectivity index (χ2n) is 11.0. The molecule has 0 atom stereocenters. The van der Waals surface area contributed by atoms with Crippen molar-refractivity contribution in [1.82, 2.24) is 0 Å². The molecule has 0 aromatic heterocycles. The van der Waals surface area contributed by atoms with Crippen molar-refractivity contribution in [2.24, 2.45) is 16.2 Å². The smallest absolute Gasteiger partial charge is 0.339 e. The molecule has 0 fully saturated rings. The molecule has 0 aromatic rings. The van der Waals surface area contributed by atoms with E-state index in [-0.39, 0.29) is 36.1 Å². The topological polar surface area (TPSA) is 99.1 Å². The highest BCUT2D eigenvalue weighted by molar-refractivity contribution is 5.90. The van der Waals surface area contributed by atoms with E-state index in [1.807, 2.05) is 62.3 Å². The van der Waals surface area contributed by atoms with Gasteiger partial charge in [-0.15, -0.1) is 0 Å². The van der Waals surface area contributed by atoms with Crippen molar-refractivity contribution in [3.63, 3.8) is 0 Å². The first-order chi connectivity index (χ1) is 12.3. The van der Waals surface area contributed by atoms with Crippen molar-refractivity contribution in [2.45, 2.75) is 80.8 Å². The van der Waals surface area contributed by atoms with Crippen molar-refractivity contribution in [1.29, 1.82) is 0 Å². The van der Waals surface area contributed by atoms with Crippen LogP contribution >= 0.6 is 0 Å². The second-order valence-corrected chi connectivity index (χ2v) is 11.0. The molecule has 28 heavy (non-hydrogen) atoms. The molecular weight excluding hydrogens is 364 g/mol. The molecule has 0 rings (SSSR count). The van der Waals surface area contributed by atoms with Crippen LogP contribution in [0.3, 0.4) is 0 Å². The molecule has 0 saturated carbocycles. The molecule has 0 unspecified atom stereocenters. The number of hydrogen-bond acceptors (Lipinski definition) is 7. The number of aliphatic hydroxyl groups is 1. The molecule has 0 aliphatic carbocycles. The van der Waals surface area contributed by atoms with Gasteiger partial charge in [0.05, 0.1) is 32.7 Å². The van der Waals surface area contributed by atoms with Crippen LogP contribution < -0.4 is 0 Å². The van der Waals surface area contributed by atoms with Gasteiger partial charge in [0, 0.05) is 0 Å². The van der Waals surface area contributed by atoms with E-state index in [0.29, 0.717) is 0 Å². The van der Waals surface area contributed by atoms with Gasteiger partial charge in [-0.05, 0) is 16.2 Å². The first-order valence-electron chi connectivity index (χ1n) is 9.54. The van der Waals surface area contributed by atoms with Gasteiger partial charge in [0.1, 0.15) is 0 Å². The molecule has 0 spiro atoms. The van der Waals surface area contributed by atoms with Crippen LogP contribution in [0.1, 0.15) is 75.2 Å². The summed E-state index contributed by atoms with van der Waals surface area (Å²) in [5, 5.41) is 10.8. The lowest BCUT2D eigenvalue weighted by atomic mass is 9.94. The lowest BCUT2D eigenvalue weighted by Crippen LogP contribution is -2.46. The Balaban J connectivity index is 5.20. The number of carbonyl (C=O) groups is 3. The monoisotopic (exact) mass is 402 g/mol. The van der Waals surface area contributed by atoms with E-state index in [0.717, 1.165) is 0 Å². The third-order valence-corrected chi connectivity index (χ3v) is 3.22. The third kappa shape index (κ3) is 12.7. The number of ether oxygens (including phenoxy) is 3. The van der Waals surface area contributed by atoms with E-state index in [1.54, 1.807) is 0 Å². The van der Waals surface area contributed by atoms with Gasteiger partial charge in [-0.1, -0.05) is 62.3 Å². The van der Waals surface area contributed by atoms with E-state index in [4.69, 9.17) is 14.2 Å². The predicted octanol–water partition coefficient (Wildman–Crippen LogP) is 3.27. The molecular formula is C21H38O7. The van der Waals surface area contributed by atoms with Gasteiger partial charge in [-0.25, -0.2) is 4.79 Å². The molecule has 0 saturated heterocycles. The van der Waals surface area contributed by atoms with Crippen LogP contribution in [0.4, 0.5) is 0 Å². The summed E-state index contributed by atoms with van der Waals surface area (Å²) in [5.74, 6) is -2.61. The first kappa shape index (κ1) is 26.4. The van der Waals surface area contributed by atoms with E-state index in [1.165, 1.54) is 0 Å². The second kappa shape index (κ2) is 9.72. The zero-order valence-corrected chi connectivity index (χ0v) is 18.9. The average molecular weight is 403 g/mol. The zero-order chi connectivity index (χ0) is 22.4. The van der Waals surface area contributed by atoms with Crippen LogP contribution in [0.15, 0.2) is 0 Å². The summed E-state index contributed by atoms with van der Waals surface area (Å²) >= 11 is 0. The van der Waals surface area contributed by atoms with Crippen molar-refractivity contribution in [3.05, 3.63) is 0 Å². The van der Waals surface area contributed by atoms with Gasteiger partial charge in [0.2, 0.25) is 0 Å². The largest absolute Gasteiger partial charge is 0.465 e. The molecule has 7 heteroatoms. The van der Waals surface area contributed by atoms with Crippen LogP contribution in [0.5, 0.6) is 0 Å². The SMILES string of the molecule is CC(C)(C)COC(=O)CC(O)(CC(=O)OCC(C)(C)C)C(=O)OCC(C)(C)C. The van der Waals surface area contributed by atoms with Crippen molar-refractivity contribution >= 4 is 17.9 Å². The normalized spacial score (nSPS) is 13.1. The highest BCUT2D eigenvalue weighted by atomic mass is 16.6. The Morgan fingerprint density at radius 3 is 1.18 bits per heavy atom. The van der Waals surface area contributed by atoms with Crippen LogP contribution in [0.25, 0.3) is 0 Å². The van der Waals surface area contributed by atoms with Gasteiger partial charge in [-0.3, -0.25) is 9.59 Å². The number of rotatable bonds is 8. The van der Waals surface area contributed by atoms with Crippen LogP contribution in [-0.4, -0.2) is 48.4 Å². The van der Waals surface area contributed by atoms with E-state index >= 15 is 0 Å². The molecule has 0 aliphatic rings.